The van der Waals surface area contributed by atoms with E-state index in [2.05, 4.69) is 10.3 Å². The third kappa shape index (κ3) is 7.57. The highest BCUT2D eigenvalue weighted by atomic mass is 19.1. The van der Waals surface area contributed by atoms with Crippen LogP contribution in [0.3, 0.4) is 0 Å². The number of guanidine groups is 1. The molecule has 8 heteroatoms. The number of nitrogens with zero attached hydrogens (tertiary/aromatic N) is 1. The molecule has 0 unspecified atom stereocenters. The molecule has 23 heavy (non-hydrogen) atoms. The van der Waals surface area contributed by atoms with E-state index in [0.29, 0.717) is 31.7 Å². The van der Waals surface area contributed by atoms with Gasteiger partial charge in [0.2, 0.25) is 0 Å². The Balaban J connectivity index is 2.26. The van der Waals surface area contributed by atoms with Crippen molar-refractivity contribution in [1.82, 2.24) is 5.32 Å². The Labute approximate surface area is 134 Å². The maximum absolute atomic E-state index is 13.4. The Hall–Kier alpha value is -2.19. The molecule has 0 amide bonds. The molecule has 0 fully saturated rings. The number of methoxy groups -OCH3 is 1. The number of carbonyl (C=O) groups is 1. The molecule has 0 aliphatic rings. The highest BCUT2D eigenvalue weighted by Gasteiger charge is 2.15. The average molecular weight is 326 g/mol. The SMILES string of the molecule is COCCN=C(N)NCC[C@H](N)C(=O)OCc1ccccc1F. The largest absolute Gasteiger partial charge is 0.460 e. The van der Waals surface area contributed by atoms with Gasteiger partial charge in [-0.2, -0.15) is 0 Å². The first-order chi connectivity index (χ1) is 11.0. The number of hydrogen-bond acceptors (Lipinski definition) is 5. The average Bonchev–Trinajstić information content (AvgIpc) is 2.54. The first-order valence-corrected chi connectivity index (χ1v) is 7.23. The van der Waals surface area contributed by atoms with Crippen LogP contribution in [0.15, 0.2) is 29.3 Å². The van der Waals surface area contributed by atoms with Gasteiger partial charge in [-0.25, -0.2) is 4.39 Å². The lowest BCUT2D eigenvalue weighted by Crippen LogP contribution is -2.39. The van der Waals surface area contributed by atoms with Crippen molar-refractivity contribution in [2.45, 2.75) is 19.1 Å². The minimum Gasteiger partial charge on any atom is -0.460 e. The molecule has 1 rings (SSSR count). The molecule has 0 aliphatic heterocycles. The van der Waals surface area contributed by atoms with Crippen LogP contribution >= 0.6 is 0 Å². The fourth-order valence-corrected chi connectivity index (χ4v) is 1.66. The number of hydrogen-bond donors (Lipinski definition) is 3. The Kier molecular flexibility index (Phi) is 8.63. The van der Waals surface area contributed by atoms with E-state index in [4.69, 9.17) is 20.9 Å². The molecule has 0 bridgehead atoms. The van der Waals surface area contributed by atoms with E-state index >= 15 is 0 Å². The van der Waals surface area contributed by atoms with Gasteiger partial charge in [-0.05, 0) is 12.5 Å². The summed E-state index contributed by atoms with van der Waals surface area (Å²) in [5.41, 5.74) is 11.6. The van der Waals surface area contributed by atoms with Crippen molar-refractivity contribution in [3.8, 4) is 0 Å². The van der Waals surface area contributed by atoms with E-state index in [9.17, 15) is 9.18 Å². The second-order valence-electron chi connectivity index (χ2n) is 4.78. The number of halogens is 1. The van der Waals surface area contributed by atoms with Gasteiger partial charge < -0.3 is 26.3 Å². The Bertz CT molecular complexity index is 525. The van der Waals surface area contributed by atoms with Crippen LogP contribution in [0.4, 0.5) is 4.39 Å². The van der Waals surface area contributed by atoms with Crippen molar-refractivity contribution in [2.75, 3.05) is 26.8 Å². The van der Waals surface area contributed by atoms with Crippen molar-refractivity contribution < 1.29 is 18.7 Å². The summed E-state index contributed by atoms with van der Waals surface area (Å²) in [6.45, 7) is 1.15. The van der Waals surface area contributed by atoms with Gasteiger partial charge in [-0.15, -0.1) is 0 Å². The number of rotatable bonds is 9. The molecule has 7 nitrogen and oxygen atoms in total. The molecular formula is C15H23FN4O3. The minimum absolute atomic E-state index is 0.146. The first-order valence-electron chi connectivity index (χ1n) is 7.23. The van der Waals surface area contributed by atoms with Crippen LogP contribution < -0.4 is 16.8 Å². The molecule has 0 spiro atoms. The molecule has 1 aromatic carbocycles. The molecule has 128 valence electrons. The molecule has 0 saturated heterocycles. The Morgan fingerprint density at radius 1 is 1.43 bits per heavy atom. The van der Waals surface area contributed by atoms with E-state index in [1.165, 1.54) is 6.07 Å². The maximum atomic E-state index is 13.4. The lowest BCUT2D eigenvalue weighted by atomic mass is 10.2. The fourth-order valence-electron chi connectivity index (χ4n) is 1.66. The number of esters is 1. The Morgan fingerprint density at radius 3 is 2.87 bits per heavy atom. The summed E-state index contributed by atoms with van der Waals surface area (Å²) in [6, 6.07) is 5.27. The number of nitrogens with one attached hydrogen (secondary N) is 1. The van der Waals surface area contributed by atoms with E-state index < -0.39 is 17.8 Å². The molecular weight excluding hydrogens is 303 g/mol. The van der Waals surface area contributed by atoms with E-state index in [1.54, 1.807) is 25.3 Å². The summed E-state index contributed by atoms with van der Waals surface area (Å²) in [7, 11) is 1.57. The second-order valence-corrected chi connectivity index (χ2v) is 4.78. The van der Waals surface area contributed by atoms with Crippen molar-refractivity contribution in [3.05, 3.63) is 35.6 Å². The molecule has 0 saturated carbocycles. The smallest absolute Gasteiger partial charge is 0.323 e. The molecule has 1 aromatic rings. The van der Waals surface area contributed by atoms with Crippen LogP contribution in [0.25, 0.3) is 0 Å². The van der Waals surface area contributed by atoms with Gasteiger partial charge in [0.05, 0.1) is 13.2 Å². The molecule has 0 aliphatic carbocycles. The molecule has 0 radical (unpaired) electrons. The normalized spacial score (nSPS) is 12.7. The molecule has 5 N–H and O–H groups in total. The van der Waals surface area contributed by atoms with E-state index in [1.807, 2.05) is 0 Å². The van der Waals surface area contributed by atoms with Gasteiger partial charge in [0, 0.05) is 19.2 Å². The number of nitrogens with two attached hydrogens (primary N) is 2. The number of carbonyl (C=O) groups excluding carboxylic acids is 1. The molecule has 1 atom stereocenters. The quantitative estimate of drug-likeness (QED) is 0.257. The number of benzene rings is 1. The number of aliphatic imine (C=N–C) groups is 1. The summed E-state index contributed by atoms with van der Waals surface area (Å²) in [6.07, 6.45) is 0.316. The monoisotopic (exact) mass is 326 g/mol. The number of ether oxygens (including phenoxy) is 2. The third-order valence-corrected chi connectivity index (χ3v) is 2.97. The highest BCUT2D eigenvalue weighted by Crippen LogP contribution is 2.08. The lowest BCUT2D eigenvalue weighted by Gasteiger charge is -2.12. The van der Waals surface area contributed by atoms with Gasteiger partial charge in [0.1, 0.15) is 18.5 Å². The summed E-state index contributed by atoms with van der Waals surface area (Å²) < 4.78 is 23.2. The Morgan fingerprint density at radius 2 is 2.17 bits per heavy atom. The summed E-state index contributed by atoms with van der Waals surface area (Å²) >= 11 is 0. The highest BCUT2D eigenvalue weighted by molar-refractivity contribution is 5.78. The predicted octanol–water partition coefficient (Wildman–Crippen LogP) is 0.137. The minimum atomic E-state index is -0.818. The summed E-state index contributed by atoms with van der Waals surface area (Å²) in [5, 5.41) is 2.83. The third-order valence-electron chi connectivity index (χ3n) is 2.97. The first kappa shape index (κ1) is 18.9. The second kappa shape index (κ2) is 10.5. The standard InChI is InChI=1S/C15H23FN4O3/c1-22-9-8-20-15(18)19-7-6-13(17)14(21)23-10-11-4-2-3-5-12(11)16/h2-5,13H,6-10,17H2,1H3,(H3,18,19,20)/t13-/m0/s1. The molecule has 0 aromatic heterocycles. The van der Waals surface area contributed by atoms with Gasteiger partial charge in [0.25, 0.3) is 0 Å². The van der Waals surface area contributed by atoms with Crippen molar-refractivity contribution in [1.29, 1.82) is 0 Å². The van der Waals surface area contributed by atoms with Crippen molar-refractivity contribution in [2.24, 2.45) is 16.5 Å². The van der Waals surface area contributed by atoms with Crippen LogP contribution in [0, 0.1) is 5.82 Å². The lowest BCUT2D eigenvalue weighted by molar-refractivity contribution is -0.146. The maximum Gasteiger partial charge on any atom is 0.323 e. The zero-order valence-corrected chi connectivity index (χ0v) is 13.1. The van der Waals surface area contributed by atoms with Crippen LogP contribution in [-0.2, 0) is 20.9 Å². The van der Waals surface area contributed by atoms with Crippen LogP contribution in [0.2, 0.25) is 0 Å². The van der Waals surface area contributed by atoms with Gasteiger partial charge >= 0.3 is 5.97 Å². The van der Waals surface area contributed by atoms with E-state index in [0.717, 1.165) is 0 Å². The van der Waals surface area contributed by atoms with Gasteiger partial charge in [0.15, 0.2) is 5.96 Å². The summed E-state index contributed by atoms with van der Waals surface area (Å²) in [4.78, 5) is 15.7. The molecule has 0 heterocycles. The van der Waals surface area contributed by atoms with Crippen LogP contribution in [0.1, 0.15) is 12.0 Å². The zero-order chi connectivity index (χ0) is 17.1. The van der Waals surface area contributed by atoms with Crippen LogP contribution in [-0.4, -0.2) is 44.8 Å². The van der Waals surface area contributed by atoms with Crippen molar-refractivity contribution in [3.63, 3.8) is 0 Å². The predicted molar refractivity (Wildman–Crippen MR) is 85.2 cm³/mol. The zero-order valence-electron chi connectivity index (χ0n) is 13.1. The summed E-state index contributed by atoms with van der Waals surface area (Å²) in [5.74, 6) is -0.755. The van der Waals surface area contributed by atoms with Crippen LogP contribution in [0.5, 0.6) is 0 Å². The van der Waals surface area contributed by atoms with Gasteiger partial charge in [-0.1, -0.05) is 18.2 Å². The topological polar surface area (TPSA) is 112 Å². The van der Waals surface area contributed by atoms with Gasteiger partial charge in [-0.3, -0.25) is 9.79 Å². The van der Waals surface area contributed by atoms with Crippen molar-refractivity contribution >= 4 is 11.9 Å². The van der Waals surface area contributed by atoms with E-state index in [-0.39, 0.29) is 12.6 Å². The fraction of sp³-hybridized carbons (Fsp3) is 0.467.